The number of carbonyl (C=O) groups excluding carboxylic acids is 1. The van der Waals surface area contributed by atoms with E-state index in [0.29, 0.717) is 16.3 Å². The third kappa shape index (κ3) is 2.87. The first-order chi connectivity index (χ1) is 6.67. The number of hydrogen-bond acceptors (Lipinski definition) is 2. The molecule has 0 heterocycles. The van der Waals surface area contributed by atoms with Crippen LogP contribution in [0, 0.1) is 0 Å². The van der Waals surface area contributed by atoms with Gasteiger partial charge in [-0.25, -0.2) is 0 Å². The number of benzene rings is 1. The first kappa shape index (κ1) is 11.3. The van der Waals surface area contributed by atoms with E-state index in [0.717, 1.165) is 0 Å². The lowest BCUT2D eigenvalue weighted by Gasteiger charge is -2.06. The molecule has 0 saturated carbocycles. The fourth-order valence-corrected chi connectivity index (χ4v) is 1.21. The molecule has 0 unspecified atom stereocenters. The molecule has 76 valence electrons. The highest BCUT2D eigenvalue weighted by Gasteiger charge is 2.03. The molecule has 0 radical (unpaired) electrons. The Labute approximate surface area is 91.6 Å². The SMILES string of the molecule is O=C(CCl)Nc1ccc(Cl)c(CO)c1. The van der Waals surface area contributed by atoms with E-state index >= 15 is 0 Å². The summed E-state index contributed by atoms with van der Waals surface area (Å²) in [5.41, 5.74) is 1.14. The lowest BCUT2D eigenvalue weighted by Crippen LogP contribution is -2.12. The summed E-state index contributed by atoms with van der Waals surface area (Å²) in [7, 11) is 0. The van der Waals surface area contributed by atoms with Crippen LogP contribution in [-0.4, -0.2) is 16.9 Å². The average molecular weight is 234 g/mol. The second-order valence-electron chi connectivity index (χ2n) is 2.65. The topological polar surface area (TPSA) is 49.3 Å². The number of hydrogen-bond donors (Lipinski definition) is 2. The van der Waals surface area contributed by atoms with E-state index in [1.807, 2.05) is 0 Å². The average Bonchev–Trinajstić information content (AvgIpc) is 2.20. The first-order valence-electron chi connectivity index (χ1n) is 3.92. The van der Waals surface area contributed by atoms with Crippen LogP contribution in [0.15, 0.2) is 18.2 Å². The van der Waals surface area contributed by atoms with Crippen molar-refractivity contribution in [2.75, 3.05) is 11.2 Å². The highest BCUT2D eigenvalue weighted by Crippen LogP contribution is 2.20. The number of aliphatic hydroxyl groups excluding tert-OH is 1. The number of aliphatic hydroxyl groups is 1. The van der Waals surface area contributed by atoms with E-state index < -0.39 is 0 Å². The molecular weight excluding hydrogens is 225 g/mol. The maximum atomic E-state index is 10.9. The fraction of sp³-hybridized carbons (Fsp3) is 0.222. The molecule has 0 fully saturated rings. The second-order valence-corrected chi connectivity index (χ2v) is 3.32. The highest BCUT2D eigenvalue weighted by atomic mass is 35.5. The van der Waals surface area contributed by atoms with E-state index in [1.165, 1.54) is 0 Å². The van der Waals surface area contributed by atoms with E-state index in [1.54, 1.807) is 18.2 Å². The summed E-state index contributed by atoms with van der Waals surface area (Å²) in [5.74, 6) is -0.394. The van der Waals surface area contributed by atoms with E-state index in [9.17, 15) is 4.79 Å². The Kier molecular flexibility index (Phi) is 4.20. The Bertz CT molecular complexity index is 342. The molecule has 5 heteroatoms. The normalized spacial score (nSPS) is 9.93. The monoisotopic (exact) mass is 233 g/mol. The molecule has 0 atom stereocenters. The van der Waals surface area contributed by atoms with E-state index in [-0.39, 0.29) is 18.4 Å². The predicted molar refractivity (Wildman–Crippen MR) is 56.7 cm³/mol. The van der Waals surface area contributed by atoms with Crippen LogP contribution >= 0.6 is 23.2 Å². The molecule has 0 bridgehead atoms. The molecule has 0 saturated heterocycles. The predicted octanol–water partition coefficient (Wildman–Crippen LogP) is 2.01. The Morgan fingerprint density at radius 2 is 2.21 bits per heavy atom. The molecule has 3 nitrogen and oxygen atoms in total. The largest absolute Gasteiger partial charge is 0.392 e. The number of nitrogens with one attached hydrogen (secondary N) is 1. The van der Waals surface area contributed by atoms with Crippen molar-refractivity contribution in [1.29, 1.82) is 0 Å². The zero-order valence-corrected chi connectivity index (χ0v) is 8.77. The Morgan fingerprint density at radius 3 is 2.79 bits per heavy atom. The summed E-state index contributed by atoms with van der Waals surface area (Å²) < 4.78 is 0. The fourth-order valence-electron chi connectivity index (χ4n) is 0.968. The molecule has 0 aromatic heterocycles. The molecule has 1 rings (SSSR count). The van der Waals surface area contributed by atoms with Crippen molar-refractivity contribution in [2.45, 2.75) is 6.61 Å². The smallest absolute Gasteiger partial charge is 0.239 e. The van der Waals surface area contributed by atoms with Gasteiger partial charge in [-0.3, -0.25) is 4.79 Å². The van der Waals surface area contributed by atoms with Crippen LogP contribution in [-0.2, 0) is 11.4 Å². The Hall–Kier alpha value is -0.770. The Morgan fingerprint density at radius 1 is 1.50 bits per heavy atom. The second kappa shape index (κ2) is 5.20. The van der Waals surface area contributed by atoms with Crippen LogP contribution in [0.1, 0.15) is 5.56 Å². The Balaban J connectivity index is 2.84. The van der Waals surface area contributed by atoms with Gasteiger partial charge in [0.2, 0.25) is 5.91 Å². The van der Waals surface area contributed by atoms with Crippen LogP contribution in [0.25, 0.3) is 0 Å². The minimum atomic E-state index is -0.294. The molecule has 0 aliphatic carbocycles. The number of amides is 1. The molecule has 1 aromatic rings. The van der Waals surface area contributed by atoms with Gasteiger partial charge in [-0.1, -0.05) is 11.6 Å². The van der Waals surface area contributed by atoms with Crippen LogP contribution in [0.2, 0.25) is 5.02 Å². The van der Waals surface area contributed by atoms with Crippen molar-refractivity contribution < 1.29 is 9.90 Å². The highest BCUT2D eigenvalue weighted by molar-refractivity contribution is 6.31. The summed E-state index contributed by atoms with van der Waals surface area (Å²) in [5, 5.41) is 11.9. The van der Waals surface area contributed by atoms with Crippen molar-refractivity contribution in [1.82, 2.24) is 0 Å². The summed E-state index contributed by atoms with van der Waals surface area (Å²) in [4.78, 5) is 10.9. The lowest BCUT2D eigenvalue weighted by atomic mass is 10.2. The van der Waals surface area contributed by atoms with Crippen LogP contribution < -0.4 is 5.32 Å². The van der Waals surface area contributed by atoms with Gasteiger partial charge in [0.15, 0.2) is 0 Å². The third-order valence-electron chi connectivity index (χ3n) is 1.62. The summed E-state index contributed by atoms with van der Waals surface area (Å²) in [6.07, 6.45) is 0. The standard InChI is InChI=1S/C9H9Cl2NO2/c10-4-9(14)12-7-1-2-8(11)6(3-7)5-13/h1-3,13H,4-5H2,(H,12,14). The number of rotatable bonds is 3. The van der Waals surface area contributed by atoms with Crippen molar-refractivity contribution in [3.05, 3.63) is 28.8 Å². The number of anilines is 1. The number of halogens is 2. The quantitative estimate of drug-likeness (QED) is 0.786. The summed E-state index contributed by atoms with van der Waals surface area (Å²) in [6, 6.07) is 4.86. The van der Waals surface area contributed by atoms with Gasteiger partial charge >= 0.3 is 0 Å². The van der Waals surface area contributed by atoms with Gasteiger partial charge < -0.3 is 10.4 Å². The number of carbonyl (C=O) groups is 1. The van der Waals surface area contributed by atoms with Crippen LogP contribution in [0.5, 0.6) is 0 Å². The third-order valence-corrected chi connectivity index (χ3v) is 2.23. The van der Waals surface area contributed by atoms with Crippen molar-refractivity contribution in [3.8, 4) is 0 Å². The lowest BCUT2D eigenvalue weighted by molar-refractivity contribution is -0.113. The zero-order valence-electron chi connectivity index (χ0n) is 7.26. The van der Waals surface area contributed by atoms with Crippen molar-refractivity contribution >= 4 is 34.8 Å². The zero-order chi connectivity index (χ0) is 10.6. The van der Waals surface area contributed by atoms with Gasteiger partial charge in [0, 0.05) is 10.7 Å². The number of alkyl halides is 1. The molecule has 0 aliphatic rings. The molecule has 14 heavy (non-hydrogen) atoms. The van der Waals surface area contributed by atoms with Crippen molar-refractivity contribution in [3.63, 3.8) is 0 Å². The van der Waals surface area contributed by atoms with Crippen LogP contribution in [0.3, 0.4) is 0 Å². The van der Waals surface area contributed by atoms with E-state index in [4.69, 9.17) is 28.3 Å². The molecule has 1 aromatic carbocycles. The molecule has 1 amide bonds. The van der Waals surface area contributed by atoms with Gasteiger partial charge in [0.25, 0.3) is 0 Å². The molecular formula is C9H9Cl2NO2. The van der Waals surface area contributed by atoms with Gasteiger partial charge in [0.1, 0.15) is 5.88 Å². The molecule has 0 spiro atoms. The maximum Gasteiger partial charge on any atom is 0.239 e. The minimum Gasteiger partial charge on any atom is -0.392 e. The summed E-state index contributed by atoms with van der Waals surface area (Å²) >= 11 is 11.1. The van der Waals surface area contributed by atoms with Gasteiger partial charge in [0.05, 0.1) is 6.61 Å². The van der Waals surface area contributed by atoms with Gasteiger partial charge in [-0.2, -0.15) is 0 Å². The maximum absolute atomic E-state index is 10.9. The summed E-state index contributed by atoms with van der Waals surface area (Å²) in [6.45, 7) is -0.163. The first-order valence-corrected chi connectivity index (χ1v) is 4.83. The molecule has 2 N–H and O–H groups in total. The van der Waals surface area contributed by atoms with Gasteiger partial charge in [-0.15, -0.1) is 11.6 Å². The van der Waals surface area contributed by atoms with Gasteiger partial charge in [-0.05, 0) is 23.8 Å². The van der Waals surface area contributed by atoms with Crippen LogP contribution in [0.4, 0.5) is 5.69 Å². The van der Waals surface area contributed by atoms with Crippen molar-refractivity contribution in [2.24, 2.45) is 0 Å². The molecule has 0 aliphatic heterocycles. The minimum absolute atomic E-state index is 0.100. The van der Waals surface area contributed by atoms with E-state index in [2.05, 4.69) is 5.32 Å².